The summed E-state index contributed by atoms with van der Waals surface area (Å²) in [5.74, 6) is -2.12. The van der Waals surface area contributed by atoms with Gasteiger partial charge in [-0.1, -0.05) is 6.07 Å². The van der Waals surface area contributed by atoms with Gasteiger partial charge in [0.15, 0.2) is 4.90 Å². The van der Waals surface area contributed by atoms with Crippen molar-refractivity contribution >= 4 is 10.0 Å². The van der Waals surface area contributed by atoms with Gasteiger partial charge in [-0.25, -0.2) is 17.2 Å². The number of nitrogens with zero attached hydrogens (tertiary/aromatic N) is 2. The summed E-state index contributed by atoms with van der Waals surface area (Å²) < 4.78 is 59.9. The Morgan fingerprint density at radius 1 is 1.14 bits per heavy atom. The van der Waals surface area contributed by atoms with Gasteiger partial charge in [-0.05, 0) is 19.2 Å². The van der Waals surface area contributed by atoms with Crippen LogP contribution in [0.25, 0.3) is 0 Å². The molecular formula is C14H18F2N2O3S. The maximum atomic E-state index is 13.9. The van der Waals surface area contributed by atoms with Crippen LogP contribution in [0, 0.1) is 17.6 Å². The number of rotatable bonds is 2. The van der Waals surface area contributed by atoms with E-state index in [0.717, 1.165) is 18.2 Å². The lowest BCUT2D eigenvalue weighted by Crippen LogP contribution is -2.45. The van der Waals surface area contributed by atoms with Crippen LogP contribution in [0.2, 0.25) is 0 Å². The quantitative estimate of drug-likeness (QED) is 0.808. The third kappa shape index (κ3) is 2.76. The molecule has 2 heterocycles. The van der Waals surface area contributed by atoms with Gasteiger partial charge >= 0.3 is 0 Å². The molecule has 0 unspecified atom stereocenters. The number of ether oxygens (including phenoxy) is 1. The molecule has 122 valence electrons. The third-order valence-corrected chi connectivity index (χ3v) is 6.11. The molecule has 22 heavy (non-hydrogen) atoms. The highest BCUT2D eigenvalue weighted by Gasteiger charge is 2.39. The van der Waals surface area contributed by atoms with Crippen LogP contribution >= 0.6 is 0 Å². The van der Waals surface area contributed by atoms with Crippen molar-refractivity contribution in [1.29, 1.82) is 0 Å². The Kier molecular flexibility index (Phi) is 4.19. The molecule has 0 spiro atoms. The molecule has 2 aliphatic heterocycles. The highest BCUT2D eigenvalue weighted by atomic mass is 32.2. The van der Waals surface area contributed by atoms with E-state index in [1.165, 1.54) is 4.31 Å². The number of hydrogen-bond acceptors (Lipinski definition) is 4. The summed E-state index contributed by atoms with van der Waals surface area (Å²) in [7, 11) is -2.30. The smallest absolute Gasteiger partial charge is 0.248 e. The van der Waals surface area contributed by atoms with Crippen LogP contribution in [-0.4, -0.2) is 63.6 Å². The van der Waals surface area contributed by atoms with E-state index in [0.29, 0.717) is 19.8 Å². The van der Waals surface area contributed by atoms with E-state index in [4.69, 9.17) is 4.74 Å². The largest absolute Gasteiger partial charge is 0.379 e. The van der Waals surface area contributed by atoms with Crippen molar-refractivity contribution in [2.45, 2.75) is 10.9 Å². The van der Waals surface area contributed by atoms with Gasteiger partial charge in [0.25, 0.3) is 0 Å². The standard InChI is InChI=1S/C14H18F2N2O3S/c1-17-5-10-6-18(7-11(17)9-21-8-10)22(19,20)14-12(15)3-2-4-13(14)16/h2-4,10-11H,5-9H2,1H3/t10-,11+/m1/s1. The van der Waals surface area contributed by atoms with E-state index in [2.05, 4.69) is 0 Å². The Bertz CT molecular complexity index is 648. The predicted molar refractivity (Wildman–Crippen MR) is 75.8 cm³/mol. The van der Waals surface area contributed by atoms with Crippen LogP contribution in [0.1, 0.15) is 0 Å². The monoisotopic (exact) mass is 332 g/mol. The zero-order chi connectivity index (χ0) is 15.9. The normalized spacial score (nSPS) is 27.6. The second-order valence-corrected chi connectivity index (χ2v) is 7.74. The summed E-state index contributed by atoms with van der Waals surface area (Å²) in [5.41, 5.74) is 0. The molecule has 8 heteroatoms. The summed E-state index contributed by atoms with van der Waals surface area (Å²) in [4.78, 5) is 1.18. The van der Waals surface area contributed by atoms with E-state index in [-0.39, 0.29) is 25.0 Å². The van der Waals surface area contributed by atoms with Crippen LogP contribution < -0.4 is 0 Å². The SMILES string of the molecule is CN1C[C@H]2COC[C@@H]1CN(S(=O)(=O)c1c(F)cccc1F)C2. The van der Waals surface area contributed by atoms with Crippen molar-refractivity contribution < 1.29 is 21.9 Å². The minimum atomic E-state index is -4.21. The van der Waals surface area contributed by atoms with E-state index < -0.39 is 26.6 Å². The van der Waals surface area contributed by atoms with Gasteiger partial charge in [-0.3, -0.25) is 4.90 Å². The number of hydrogen-bond donors (Lipinski definition) is 0. The summed E-state index contributed by atoms with van der Waals surface area (Å²) in [5, 5.41) is 0. The zero-order valence-corrected chi connectivity index (χ0v) is 13.0. The van der Waals surface area contributed by atoms with E-state index in [1.54, 1.807) is 0 Å². The lowest BCUT2D eigenvalue weighted by Gasteiger charge is -2.29. The molecule has 0 radical (unpaired) electrons. The lowest BCUT2D eigenvalue weighted by molar-refractivity contribution is 0.0726. The van der Waals surface area contributed by atoms with Crippen LogP contribution in [-0.2, 0) is 14.8 Å². The molecule has 0 aromatic heterocycles. The number of benzene rings is 1. The van der Waals surface area contributed by atoms with Crippen LogP contribution in [0.4, 0.5) is 8.78 Å². The predicted octanol–water partition coefficient (Wildman–Crippen LogP) is 0.916. The molecule has 2 aliphatic rings. The van der Waals surface area contributed by atoms with E-state index >= 15 is 0 Å². The Hall–Kier alpha value is -1.09. The summed E-state index contributed by atoms with van der Waals surface area (Å²) in [6.07, 6.45) is 0. The van der Waals surface area contributed by atoms with Crippen molar-refractivity contribution in [3.05, 3.63) is 29.8 Å². The fourth-order valence-electron chi connectivity index (χ4n) is 3.06. The summed E-state index contributed by atoms with van der Waals surface area (Å²) in [6, 6.07) is 2.97. The molecule has 0 saturated carbocycles. The first-order valence-corrected chi connectivity index (χ1v) is 8.55. The number of fused-ring (bicyclic) bond motifs is 3. The fourth-order valence-corrected chi connectivity index (χ4v) is 4.72. The van der Waals surface area contributed by atoms with Gasteiger partial charge < -0.3 is 4.74 Å². The third-order valence-electron chi connectivity index (χ3n) is 4.23. The Balaban J connectivity index is 1.99. The number of likely N-dealkylation sites (N-methyl/N-ethyl adjacent to an activating group) is 1. The van der Waals surface area contributed by atoms with Crippen LogP contribution in [0.15, 0.2) is 23.1 Å². The Morgan fingerprint density at radius 3 is 2.50 bits per heavy atom. The molecule has 5 nitrogen and oxygen atoms in total. The lowest BCUT2D eigenvalue weighted by atomic mass is 10.1. The molecule has 3 rings (SSSR count). The van der Waals surface area contributed by atoms with Gasteiger partial charge in [0.2, 0.25) is 10.0 Å². The molecule has 0 N–H and O–H groups in total. The van der Waals surface area contributed by atoms with E-state index in [1.807, 2.05) is 11.9 Å². The minimum absolute atomic E-state index is 0.0119. The first kappa shape index (κ1) is 15.8. The van der Waals surface area contributed by atoms with Gasteiger partial charge in [-0.15, -0.1) is 0 Å². The minimum Gasteiger partial charge on any atom is -0.379 e. The van der Waals surface area contributed by atoms with Crippen molar-refractivity contribution in [2.75, 3.05) is 39.9 Å². The first-order chi connectivity index (χ1) is 10.4. The zero-order valence-electron chi connectivity index (χ0n) is 12.2. The average molecular weight is 332 g/mol. The van der Waals surface area contributed by atoms with Gasteiger partial charge in [0.05, 0.1) is 13.2 Å². The average Bonchev–Trinajstić information content (AvgIpc) is 2.66. The van der Waals surface area contributed by atoms with Crippen LogP contribution in [0.3, 0.4) is 0 Å². The first-order valence-electron chi connectivity index (χ1n) is 7.11. The molecule has 1 aromatic rings. The van der Waals surface area contributed by atoms with E-state index in [9.17, 15) is 17.2 Å². The highest BCUT2D eigenvalue weighted by molar-refractivity contribution is 7.89. The maximum absolute atomic E-state index is 13.9. The molecule has 2 atom stereocenters. The molecule has 2 saturated heterocycles. The Morgan fingerprint density at radius 2 is 1.82 bits per heavy atom. The van der Waals surface area contributed by atoms with Crippen molar-refractivity contribution in [3.63, 3.8) is 0 Å². The summed E-state index contributed by atoms with van der Waals surface area (Å²) >= 11 is 0. The van der Waals surface area contributed by atoms with Crippen LogP contribution in [0.5, 0.6) is 0 Å². The van der Waals surface area contributed by atoms with Crippen molar-refractivity contribution in [2.24, 2.45) is 5.92 Å². The number of sulfonamides is 1. The second-order valence-electron chi connectivity index (χ2n) is 5.87. The van der Waals surface area contributed by atoms with Gasteiger partial charge in [0, 0.05) is 31.6 Å². The van der Waals surface area contributed by atoms with Gasteiger partial charge in [0.1, 0.15) is 11.6 Å². The van der Waals surface area contributed by atoms with Crippen molar-refractivity contribution in [3.8, 4) is 0 Å². The van der Waals surface area contributed by atoms with Gasteiger partial charge in [-0.2, -0.15) is 4.31 Å². The van der Waals surface area contributed by atoms with Crippen molar-refractivity contribution in [1.82, 2.24) is 9.21 Å². The highest BCUT2D eigenvalue weighted by Crippen LogP contribution is 2.27. The molecule has 1 aromatic carbocycles. The Labute approximate surface area is 128 Å². The maximum Gasteiger partial charge on any atom is 0.248 e. The molecule has 2 bridgehead atoms. The summed E-state index contributed by atoms with van der Waals surface area (Å²) in [6.45, 7) is 1.95. The second kappa shape index (κ2) is 5.84. The fraction of sp³-hybridized carbons (Fsp3) is 0.571. The topological polar surface area (TPSA) is 49.9 Å². The molecule has 2 fully saturated rings. The number of halogens is 2. The molecule has 0 aliphatic carbocycles. The molecular weight excluding hydrogens is 314 g/mol. The molecule has 0 amide bonds.